The van der Waals surface area contributed by atoms with Crippen LogP contribution in [-0.2, 0) is 33.0 Å². The Kier molecular flexibility index (Phi) is 6.21. The molecule has 0 spiro atoms. The van der Waals surface area contributed by atoms with Gasteiger partial charge < -0.3 is 10.3 Å². The highest BCUT2D eigenvalue weighted by atomic mass is 32.2. The monoisotopic (exact) mass is 576 g/mol. The number of nitrogens with one attached hydrogen (secondary N) is 5. The molecule has 0 bridgehead atoms. The van der Waals surface area contributed by atoms with Gasteiger partial charge >= 0.3 is 0 Å². The maximum atomic E-state index is 13.7. The third-order valence-corrected chi connectivity index (χ3v) is 10.1. The number of aryl methyl sites for hydroxylation is 1. The number of anilines is 1. The van der Waals surface area contributed by atoms with Gasteiger partial charge in [0, 0.05) is 42.5 Å². The van der Waals surface area contributed by atoms with Crippen LogP contribution < -0.4 is 37.5 Å². The quantitative estimate of drug-likeness (QED) is 0.160. The van der Waals surface area contributed by atoms with Crippen LogP contribution in [0.1, 0.15) is 24.0 Å². The van der Waals surface area contributed by atoms with Crippen LogP contribution in [0.4, 0.5) is 5.13 Å². The zero-order valence-electron chi connectivity index (χ0n) is 19.7. The largest absolute Gasteiger partial charge is 0.375 e. The zero-order valence-corrected chi connectivity index (χ0v) is 22.1. The molecule has 1 fully saturated rings. The van der Waals surface area contributed by atoms with Crippen LogP contribution >= 0.6 is 11.3 Å². The lowest BCUT2D eigenvalue weighted by Crippen LogP contribution is -2.41. The van der Waals surface area contributed by atoms with E-state index in [9.17, 15) is 16.8 Å². The molecular weight excluding hydrogens is 552 g/mol. The molecule has 6 rings (SSSR count). The van der Waals surface area contributed by atoms with Crippen molar-refractivity contribution in [1.82, 2.24) is 41.2 Å². The van der Waals surface area contributed by atoms with Gasteiger partial charge in [0.25, 0.3) is 0 Å². The topological polar surface area (TPSA) is 211 Å². The third-order valence-electron chi connectivity index (χ3n) is 6.50. The number of hydrogen-bond donors (Lipinski definition) is 7. The summed E-state index contributed by atoms with van der Waals surface area (Å²) >= 11 is 1.29. The lowest BCUT2D eigenvalue weighted by molar-refractivity contribution is 0.420. The number of imidazole rings is 1. The number of rotatable bonds is 6. The van der Waals surface area contributed by atoms with Gasteiger partial charge in [0.15, 0.2) is 5.13 Å². The van der Waals surface area contributed by atoms with Crippen molar-refractivity contribution in [1.29, 1.82) is 0 Å². The molecule has 17 heteroatoms. The molecule has 9 N–H and O–H groups in total. The first-order chi connectivity index (χ1) is 18.1. The molecule has 0 aliphatic carbocycles. The fourth-order valence-corrected chi connectivity index (χ4v) is 8.61. The van der Waals surface area contributed by atoms with Crippen molar-refractivity contribution < 1.29 is 16.8 Å². The molecule has 38 heavy (non-hydrogen) atoms. The summed E-state index contributed by atoms with van der Waals surface area (Å²) in [4.78, 5) is 7.70. The van der Waals surface area contributed by atoms with E-state index in [2.05, 4.69) is 36.6 Å². The Balaban J connectivity index is 1.53. The third kappa shape index (κ3) is 4.46. The number of fused-ring (bicyclic) bond motifs is 2. The average Bonchev–Trinajstić information content (AvgIpc) is 3.62. The average molecular weight is 577 g/mol. The molecular formula is C21H24N10O4S3. The molecule has 1 unspecified atom stereocenters. The van der Waals surface area contributed by atoms with Crippen LogP contribution in [0.25, 0.3) is 21.3 Å². The fourth-order valence-electron chi connectivity index (χ4n) is 4.93. The predicted octanol–water partition coefficient (Wildman–Crippen LogP) is -0.202. The lowest BCUT2D eigenvalue weighted by atomic mass is 9.97. The Hall–Kier alpha value is -3.00. The number of nitrogen functional groups attached to an aromatic ring is 1. The number of hydrazine groups is 3. The maximum absolute atomic E-state index is 13.7. The van der Waals surface area contributed by atoms with E-state index in [4.69, 9.17) is 10.9 Å². The molecule has 200 valence electrons. The summed E-state index contributed by atoms with van der Waals surface area (Å²) in [7, 11) is -8.88. The minimum atomic E-state index is -4.56. The number of nitrogens with two attached hydrogens (primary N) is 2. The number of aromatic nitrogens is 3. The smallest absolute Gasteiger partial charge is 0.242 e. The van der Waals surface area contributed by atoms with E-state index < -0.39 is 42.0 Å². The van der Waals surface area contributed by atoms with Crippen LogP contribution in [0.5, 0.6) is 0 Å². The van der Waals surface area contributed by atoms with Crippen molar-refractivity contribution in [2.75, 3.05) is 5.73 Å². The maximum Gasteiger partial charge on any atom is 0.242 e. The first kappa shape index (κ1) is 25.3. The van der Waals surface area contributed by atoms with Gasteiger partial charge in [-0.15, -0.1) is 0 Å². The number of nitrogens with zero attached hydrogens (tertiary/aromatic N) is 3. The number of para-hydroxylation sites is 1. The van der Waals surface area contributed by atoms with E-state index in [1.807, 2.05) is 10.6 Å². The van der Waals surface area contributed by atoms with Crippen molar-refractivity contribution in [2.24, 2.45) is 5.14 Å². The van der Waals surface area contributed by atoms with Crippen LogP contribution in [0, 0.1) is 0 Å². The van der Waals surface area contributed by atoms with Gasteiger partial charge in [-0.3, -0.25) is 0 Å². The van der Waals surface area contributed by atoms with Crippen molar-refractivity contribution in [2.45, 2.75) is 41.4 Å². The summed E-state index contributed by atoms with van der Waals surface area (Å²) in [5, 5.41) is 6.05. The van der Waals surface area contributed by atoms with Crippen LogP contribution in [0.15, 0.2) is 52.5 Å². The van der Waals surface area contributed by atoms with Gasteiger partial charge in [-0.1, -0.05) is 29.5 Å². The second kappa shape index (κ2) is 9.33. The van der Waals surface area contributed by atoms with E-state index in [0.717, 1.165) is 10.5 Å². The molecule has 2 aromatic heterocycles. The summed E-state index contributed by atoms with van der Waals surface area (Å²) in [5.74, 6) is 0.868. The number of thiazole rings is 1. The highest BCUT2D eigenvalue weighted by Crippen LogP contribution is 2.40. The Morgan fingerprint density at radius 3 is 2.63 bits per heavy atom. The predicted molar refractivity (Wildman–Crippen MR) is 141 cm³/mol. The molecule has 4 heterocycles. The highest BCUT2D eigenvalue weighted by molar-refractivity contribution is 7.92. The van der Waals surface area contributed by atoms with Gasteiger partial charge in [0.05, 0.1) is 10.2 Å². The number of benzene rings is 2. The lowest BCUT2D eigenvalue weighted by Gasteiger charge is -2.26. The van der Waals surface area contributed by atoms with E-state index in [1.54, 1.807) is 30.6 Å². The minimum absolute atomic E-state index is 0.104. The Morgan fingerprint density at radius 1 is 1.08 bits per heavy atom. The highest BCUT2D eigenvalue weighted by Gasteiger charge is 2.36. The molecule has 0 radical (unpaired) electrons. The Morgan fingerprint density at radius 2 is 1.87 bits per heavy atom. The molecule has 1 saturated heterocycles. The summed E-state index contributed by atoms with van der Waals surface area (Å²) in [6, 6.07) is 7.76. The molecule has 4 aromatic rings. The van der Waals surface area contributed by atoms with E-state index >= 15 is 0 Å². The van der Waals surface area contributed by atoms with Crippen molar-refractivity contribution >= 4 is 46.7 Å². The minimum Gasteiger partial charge on any atom is -0.375 e. The van der Waals surface area contributed by atoms with Crippen LogP contribution in [0.2, 0.25) is 0 Å². The Bertz CT molecular complexity index is 1760. The van der Waals surface area contributed by atoms with Crippen molar-refractivity contribution in [3.8, 4) is 11.1 Å². The second-order valence-electron chi connectivity index (χ2n) is 8.93. The summed E-state index contributed by atoms with van der Waals surface area (Å²) in [5.41, 5.74) is 18.6. The van der Waals surface area contributed by atoms with E-state index in [1.165, 1.54) is 17.4 Å². The molecule has 14 nitrogen and oxygen atoms in total. The molecule has 0 saturated carbocycles. The van der Waals surface area contributed by atoms with E-state index in [-0.39, 0.29) is 5.56 Å². The van der Waals surface area contributed by atoms with Crippen molar-refractivity contribution in [3.05, 3.63) is 54.1 Å². The SMILES string of the molecule is Nc1nc2c(-c3ccc(S(=O)(=O)NC4CCc5nccn5C4)c(S(N)(=O)=O)c3C3NNNN3)cccc2s1. The second-order valence-corrected chi connectivity index (χ2v) is 13.2. The normalized spacial score (nSPS) is 18.7. The van der Waals surface area contributed by atoms with Crippen molar-refractivity contribution in [3.63, 3.8) is 0 Å². The van der Waals surface area contributed by atoms with Gasteiger partial charge in [-0.25, -0.2) is 47.5 Å². The first-order valence-corrected chi connectivity index (χ1v) is 15.3. The van der Waals surface area contributed by atoms with Gasteiger partial charge in [-0.05, 0) is 24.1 Å². The number of hydrogen-bond acceptors (Lipinski definition) is 12. The van der Waals surface area contributed by atoms with E-state index in [0.29, 0.717) is 41.2 Å². The number of primary sulfonamides is 1. The fraction of sp³-hybridized carbons (Fsp3) is 0.238. The summed E-state index contributed by atoms with van der Waals surface area (Å²) < 4.78 is 58.9. The van der Waals surface area contributed by atoms with Gasteiger partial charge in [0.2, 0.25) is 20.0 Å². The van der Waals surface area contributed by atoms with Crippen LogP contribution in [0.3, 0.4) is 0 Å². The molecule has 0 amide bonds. The summed E-state index contributed by atoms with van der Waals surface area (Å²) in [6.07, 6.45) is 3.67. The molecule has 2 aliphatic rings. The molecule has 2 aromatic carbocycles. The zero-order chi connectivity index (χ0) is 26.7. The van der Waals surface area contributed by atoms with Gasteiger partial charge in [0.1, 0.15) is 21.8 Å². The summed E-state index contributed by atoms with van der Waals surface area (Å²) in [6.45, 7) is 0.372. The van der Waals surface area contributed by atoms with Gasteiger partial charge in [-0.2, -0.15) is 11.1 Å². The molecule has 1 atom stereocenters. The van der Waals surface area contributed by atoms with Crippen LogP contribution in [-0.4, -0.2) is 37.4 Å². The first-order valence-electron chi connectivity index (χ1n) is 11.5. The number of sulfonamides is 2. The standard InChI is InChI=1S/C21H24N10O4S3/c22-21-25-18-13(2-1-3-14(18)36-21)12-5-6-15(19(37(23,32)33)17(12)20-26-29-30-27-20)38(34,35)28-11-4-7-16-24-8-9-31(16)10-11/h1-3,5-6,8-9,11,20,26-30H,4,7,10H2,(H2,22,25)(H2,23,32,33). The molecule has 2 aliphatic heterocycles. The Labute approximate surface area is 221 Å².